The predicted octanol–water partition coefficient (Wildman–Crippen LogP) is 2.07. The van der Waals surface area contributed by atoms with Gasteiger partial charge in [0.25, 0.3) is 0 Å². The summed E-state index contributed by atoms with van der Waals surface area (Å²) in [4.78, 5) is 0. The zero-order chi connectivity index (χ0) is 11.4. The van der Waals surface area contributed by atoms with Gasteiger partial charge >= 0.3 is 0 Å². The molecule has 1 unspecified atom stereocenters. The van der Waals surface area contributed by atoms with Crippen molar-refractivity contribution in [2.45, 2.75) is 58.5 Å². The lowest BCUT2D eigenvalue weighted by molar-refractivity contribution is 0.502. The topological polar surface area (TPSA) is 42.7 Å². The number of aryl methyl sites for hydroxylation is 1. The Kier molecular flexibility index (Phi) is 3.93. The molecule has 2 rings (SSSR count). The summed E-state index contributed by atoms with van der Waals surface area (Å²) in [6.45, 7) is 6.50. The van der Waals surface area contributed by atoms with Crippen LogP contribution in [0, 0.1) is 0 Å². The van der Waals surface area contributed by atoms with E-state index in [9.17, 15) is 0 Å². The van der Waals surface area contributed by atoms with E-state index in [1.165, 1.54) is 25.1 Å². The number of hydrogen-bond acceptors (Lipinski definition) is 3. The van der Waals surface area contributed by atoms with Gasteiger partial charge in [0.2, 0.25) is 0 Å². The van der Waals surface area contributed by atoms with Crippen LogP contribution in [0.5, 0.6) is 0 Å². The van der Waals surface area contributed by atoms with Crippen molar-refractivity contribution >= 4 is 0 Å². The maximum atomic E-state index is 4.34. The summed E-state index contributed by atoms with van der Waals surface area (Å²) >= 11 is 0. The fourth-order valence-electron chi connectivity index (χ4n) is 2.28. The lowest BCUT2D eigenvalue weighted by Crippen LogP contribution is -2.23. The fraction of sp³-hybridized carbons (Fsp3) is 0.833. The van der Waals surface area contributed by atoms with Crippen LogP contribution >= 0.6 is 0 Å². The minimum absolute atomic E-state index is 0.319. The monoisotopic (exact) mass is 222 g/mol. The molecule has 90 valence electrons. The smallest absolute Gasteiger partial charge is 0.149 e. The van der Waals surface area contributed by atoms with Gasteiger partial charge < -0.3 is 9.88 Å². The molecule has 0 bridgehead atoms. The highest BCUT2D eigenvalue weighted by Gasteiger charge is 2.18. The summed E-state index contributed by atoms with van der Waals surface area (Å²) in [6, 6.07) is 0.319. The minimum Gasteiger partial charge on any atom is -0.314 e. The van der Waals surface area contributed by atoms with E-state index in [-0.39, 0.29) is 0 Å². The Morgan fingerprint density at radius 3 is 3.00 bits per heavy atom. The average molecular weight is 222 g/mol. The normalized spacial score (nSPS) is 17.9. The summed E-state index contributed by atoms with van der Waals surface area (Å²) in [5, 5.41) is 12.1. The second kappa shape index (κ2) is 5.43. The molecule has 16 heavy (non-hydrogen) atoms. The summed E-state index contributed by atoms with van der Waals surface area (Å²) in [5.74, 6) is 2.29. The predicted molar refractivity (Wildman–Crippen MR) is 64.3 cm³/mol. The number of rotatable bonds is 4. The lowest BCUT2D eigenvalue weighted by Gasteiger charge is -2.14. The maximum absolute atomic E-state index is 4.34. The van der Waals surface area contributed by atoms with Gasteiger partial charge in [0, 0.05) is 13.0 Å². The summed E-state index contributed by atoms with van der Waals surface area (Å²) < 4.78 is 2.32. The van der Waals surface area contributed by atoms with Gasteiger partial charge in [0.05, 0.1) is 6.04 Å². The third kappa shape index (κ3) is 2.43. The second-order valence-electron chi connectivity index (χ2n) is 4.61. The van der Waals surface area contributed by atoms with E-state index in [2.05, 4.69) is 33.9 Å². The van der Waals surface area contributed by atoms with Crippen LogP contribution in [0.1, 0.15) is 57.2 Å². The Morgan fingerprint density at radius 2 is 2.19 bits per heavy atom. The van der Waals surface area contributed by atoms with Crippen molar-refractivity contribution in [1.29, 1.82) is 0 Å². The van der Waals surface area contributed by atoms with Crippen molar-refractivity contribution in [3.05, 3.63) is 11.6 Å². The van der Waals surface area contributed by atoms with Crippen LogP contribution in [0.25, 0.3) is 0 Å². The van der Waals surface area contributed by atoms with Gasteiger partial charge in [0.15, 0.2) is 0 Å². The first kappa shape index (κ1) is 11.6. The van der Waals surface area contributed by atoms with Gasteiger partial charge in [-0.1, -0.05) is 13.3 Å². The molecule has 0 aromatic carbocycles. The number of nitrogens with one attached hydrogen (secondary N) is 1. The minimum atomic E-state index is 0.319. The average Bonchev–Trinajstić information content (AvgIpc) is 2.55. The molecule has 0 amide bonds. The molecule has 1 aromatic rings. The Bertz CT molecular complexity index is 332. The molecule has 1 aliphatic heterocycles. The van der Waals surface area contributed by atoms with Gasteiger partial charge in [-0.3, -0.25) is 0 Å². The number of fused-ring (bicyclic) bond motifs is 1. The van der Waals surface area contributed by atoms with Crippen molar-refractivity contribution in [2.24, 2.45) is 0 Å². The molecule has 1 N–H and O–H groups in total. The molecule has 0 fully saturated rings. The molecule has 0 saturated heterocycles. The van der Waals surface area contributed by atoms with E-state index in [0.717, 1.165) is 31.8 Å². The van der Waals surface area contributed by atoms with Crippen LogP contribution in [0.2, 0.25) is 0 Å². The van der Waals surface area contributed by atoms with Crippen LogP contribution in [0.3, 0.4) is 0 Å². The molecule has 1 atom stereocenters. The van der Waals surface area contributed by atoms with Crippen LogP contribution in [0.4, 0.5) is 0 Å². The van der Waals surface area contributed by atoms with Gasteiger partial charge in [-0.15, -0.1) is 10.2 Å². The van der Waals surface area contributed by atoms with Gasteiger partial charge in [0.1, 0.15) is 11.6 Å². The fourth-order valence-corrected chi connectivity index (χ4v) is 2.28. The van der Waals surface area contributed by atoms with Crippen molar-refractivity contribution in [3.8, 4) is 0 Å². The van der Waals surface area contributed by atoms with Crippen LogP contribution in [0.15, 0.2) is 0 Å². The zero-order valence-electron chi connectivity index (χ0n) is 10.4. The highest BCUT2D eigenvalue weighted by Crippen LogP contribution is 2.18. The molecule has 0 aliphatic carbocycles. The zero-order valence-corrected chi connectivity index (χ0v) is 10.4. The highest BCUT2D eigenvalue weighted by atomic mass is 15.3. The third-order valence-electron chi connectivity index (χ3n) is 3.23. The molecule has 1 aliphatic rings. The molecular weight excluding hydrogens is 200 g/mol. The second-order valence-corrected chi connectivity index (χ2v) is 4.61. The Hall–Kier alpha value is -0.900. The molecule has 1 aromatic heterocycles. The summed E-state index contributed by atoms with van der Waals surface area (Å²) in [5.41, 5.74) is 0. The van der Waals surface area contributed by atoms with Crippen molar-refractivity contribution in [3.63, 3.8) is 0 Å². The molecular formula is C12H22N4. The molecule has 2 heterocycles. The van der Waals surface area contributed by atoms with Crippen LogP contribution in [-0.4, -0.2) is 21.3 Å². The molecule has 0 spiro atoms. The van der Waals surface area contributed by atoms with Gasteiger partial charge in [-0.05, 0) is 32.7 Å². The van der Waals surface area contributed by atoms with E-state index >= 15 is 0 Å². The SMILES string of the molecule is CCCNC(C)c1nnc2n1CCCCC2. The molecule has 0 radical (unpaired) electrons. The Balaban J connectivity index is 2.11. The van der Waals surface area contributed by atoms with Gasteiger partial charge in [-0.25, -0.2) is 0 Å². The summed E-state index contributed by atoms with van der Waals surface area (Å²) in [7, 11) is 0. The quantitative estimate of drug-likeness (QED) is 0.848. The molecule has 0 saturated carbocycles. The molecule has 4 heteroatoms. The van der Waals surface area contributed by atoms with Gasteiger partial charge in [-0.2, -0.15) is 0 Å². The first-order chi connectivity index (χ1) is 7.83. The van der Waals surface area contributed by atoms with Crippen LogP contribution < -0.4 is 5.32 Å². The highest BCUT2D eigenvalue weighted by molar-refractivity contribution is 5.01. The first-order valence-electron chi connectivity index (χ1n) is 6.48. The van der Waals surface area contributed by atoms with E-state index in [1.54, 1.807) is 0 Å². The number of hydrogen-bond donors (Lipinski definition) is 1. The van der Waals surface area contributed by atoms with Crippen molar-refractivity contribution < 1.29 is 0 Å². The van der Waals surface area contributed by atoms with E-state index in [0.29, 0.717) is 6.04 Å². The van der Waals surface area contributed by atoms with E-state index in [4.69, 9.17) is 0 Å². The summed E-state index contributed by atoms with van der Waals surface area (Å²) in [6.07, 6.45) is 6.09. The maximum Gasteiger partial charge on any atom is 0.149 e. The number of nitrogens with zero attached hydrogens (tertiary/aromatic N) is 3. The van der Waals surface area contributed by atoms with E-state index < -0.39 is 0 Å². The molecule has 4 nitrogen and oxygen atoms in total. The largest absolute Gasteiger partial charge is 0.314 e. The van der Waals surface area contributed by atoms with Crippen molar-refractivity contribution in [1.82, 2.24) is 20.1 Å². The Labute approximate surface area is 97.5 Å². The third-order valence-corrected chi connectivity index (χ3v) is 3.23. The van der Waals surface area contributed by atoms with E-state index in [1.807, 2.05) is 0 Å². The number of aromatic nitrogens is 3. The van der Waals surface area contributed by atoms with Crippen LogP contribution in [-0.2, 0) is 13.0 Å². The van der Waals surface area contributed by atoms with Crippen molar-refractivity contribution in [2.75, 3.05) is 6.54 Å². The lowest BCUT2D eigenvalue weighted by atomic mass is 10.2. The first-order valence-corrected chi connectivity index (χ1v) is 6.48. The Morgan fingerprint density at radius 1 is 1.31 bits per heavy atom. The standard InChI is InChI=1S/C12H22N4/c1-3-8-13-10(2)12-15-14-11-7-5-4-6-9-16(11)12/h10,13H,3-9H2,1-2H3.